The van der Waals surface area contributed by atoms with Crippen LogP contribution >= 0.6 is 0 Å². The average Bonchev–Trinajstić information content (AvgIpc) is 2.94. The summed E-state index contributed by atoms with van der Waals surface area (Å²) >= 11 is 0. The maximum absolute atomic E-state index is 12.9. The molecule has 0 radical (unpaired) electrons. The minimum atomic E-state index is -5.00. The highest BCUT2D eigenvalue weighted by atomic mass is 19.4. The SMILES string of the molecule is Cn1cc2c(n1)CCCC2NC(=O)c1cc(C(F)(F)F)cc(C(F)(F)F)c1. The highest BCUT2D eigenvalue weighted by molar-refractivity contribution is 5.95. The molecule has 0 saturated carbocycles. The number of hydrogen-bond donors (Lipinski definition) is 1. The number of carbonyl (C=O) groups excluding carboxylic acids is 1. The lowest BCUT2D eigenvalue weighted by atomic mass is 9.93. The Bertz CT molecular complexity index is 836. The monoisotopic (exact) mass is 391 g/mol. The van der Waals surface area contributed by atoms with Crippen molar-refractivity contribution in [3.63, 3.8) is 0 Å². The molecule has 0 saturated heterocycles. The minimum absolute atomic E-state index is 0.00336. The Morgan fingerprint density at radius 1 is 1.11 bits per heavy atom. The van der Waals surface area contributed by atoms with Crippen LogP contribution in [0.15, 0.2) is 24.4 Å². The third-order valence-electron chi connectivity index (χ3n) is 4.37. The Kier molecular flexibility index (Phi) is 4.69. The molecule has 1 atom stereocenters. The van der Waals surface area contributed by atoms with E-state index in [0.717, 1.165) is 11.3 Å². The van der Waals surface area contributed by atoms with Crippen molar-refractivity contribution < 1.29 is 31.1 Å². The fourth-order valence-corrected chi connectivity index (χ4v) is 3.14. The summed E-state index contributed by atoms with van der Waals surface area (Å²) in [6.45, 7) is 0. The van der Waals surface area contributed by atoms with Gasteiger partial charge in [-0.1, -0.05) is 0 Å². The van der Waals surface area contributed by atoms with Gasteiger partial charge in [-0.2, -0.15) is 31.4 Å². The number of amides is 1. The maximum Gasteiger partial charge on any atom is 0.416 e. The van der Waals surface area contributed by atoms with E-state index < -0.39 is 41.0 Å². The van der Waals surface area contributed by atoms with Crippen LogP contribution in [0.4, 0.5) is 26.3 Å². The maximum atomic E-state index is 12.9. The molecule has 1 amide bonds. The van der Waals surface area contributed by atoms with Crippen LogP contribution in [-0.4, -0.2) is 15.7 Å². The van der Waals surface area contributed by atoms with Gasteiger partial charge in [-0.3, -0.25) is 9.48 Å². The van der Waals surface area contributed by atoms with Gasteiger partial charge in [0.2, 0.25) is 0 Å². The summed E-state index contributed by atoms with van der Waals surface area (Å²) < 4.78 is 79.2. The molecule has 27 heavy (non-hydrogen) atoms. The first-order chi connectivity index (χ1) is 12.4. The molecule has 1 unspecified atom stereocenters. The standard InChI is InChI=1S/C17H15F6N3O/c1-26-8-12-13(3-2-4-14(12)25-26)24-15(27)9-5-10(16(18,19)20)7-11(6-9)17(21,22)23/h5-8,13H,2-4H2,1H3,(H,24,27). The summed E-state index contributed by atoms with van der Waals surface area (Å²) in [5, 5.41) is 6.78. The van der Waals surface area contributed by atoms with Gasteiger partial charge in [0.1, 0.15) is 0 Å². The fourth-order valence-electron chi connectivity index (χ4n) is 3.14. The number of aryl methyl sites for hydroxylation is 2. The Labute approximate surface area is 150 Å². The lowest BCUT2D eigenvalue weighted by molar-refractivity contribution is -0.143. The largest absolute Gasteiger partial charge is 0.416 e. The van der Waals surface area contributed by atoms with E-state index in [1.807, 2.05) is 0 Å². The molecule has 1 aromatic carbocycles. The van der Waals surface area contributed by atoms with E-state index in [1.54, 1.807) is 17.9 Å². The van der Waals surface area contributed by atoms with Crippen molar-refractivity contribution in [3.8, 4) is 0 Å². The van der Waals surface area contributed by atoms with E-state index in [2.05, 4.69) is 10.4 Å². The van der Waals surface area contributed by atoms with Crippen LogP contribution < -0.4 is 5.32 Å². The first kappa shape index (κ1) is 19.2. The van der Waals surface area contributed by atoms with Gasteiger partial charge >= 0.3 is 12.4 Å². The first-order valence-corrected chi connectivity index (χ1v) is 8.08. The normalized spacial score (nSPS) is 17.5. The first-order valence-electron chi connectivity index (χ1n) is 8.08. The van der Waals surface area contributed by atoms with Gasteiger partial charge < -0.3 is 5.32 Å². The van der Waals surface area contributed by atoms with Gasteiger partial charge in [0, 0.05) is 24.4 Å². The number of aromatic nitrogens is 2. The number of alkyl halides is 6. The summed E-state index contributed by atoms with van der Waals surface area (Å²) in [7, 11) is 1.69. The van der Waals surface area contributed by atoms with E-state index in [4.69, 9.17) is 0 Å². The van der Waals surface area contributed by atoms with Crippen molar-refractivity contribution in [1.82, 2.24) is 15.1 Å². The third kappa shape index (κ3) is 4.09. The molecule has 10 heteroatoms. The Hall–Kier alpha value is -2.52. The lowest BCUT2D eigenvalue weighted by Crippen LogP contribution is -2.31. The van der Waals surface area contributed by atoms with Crippen LogP contribution in [0.25, 0.3) is 0 Å². The zero-order chi connectivity index (χ0) is 20.0. The molecule has 1 aliphatic rings. The number of nitrogens with one attached hydrogen (secondary N) is 1. The second-order valence-corrected chi connectivity index (χ2v) is 6.42. The van der Waals surface area contributed by atoms with Crippen LogP contribution in [0.3, 0.4) is 0 Å². The summed E-state index contributed by atoms with van der Waals surface area (Å²) in [6, 6.07) is 0.338. The van der Waals surface area contributed by atoms with Crippen LogP contribution in [0, 0.1) is 0 Å². The number of benzene rings is 1. The third-order valence-corrected chi connectivity index (χ3v) is 4.37. The molecule has 0 bridgehead atoms. The molecular weight excluding hydrogens is 376 g/mol. The molecule has 0 aliphatic heterocycles. The Morgan fingerprint density at radius 3 is 2.26 bits per heavy atom. The van der Waals surface area contributed by atoms with Crippen molar-refractivity contribution in [2.24, 2.45) is 7.05 Å². The molecule has 0 fully saturated rings. The number of carbonyl (C=O) groups is 1. The summed E-state index contributed by atoms with van der Waals surface area (Å²) in [5.74, 6) is -0.992. The number of halogens is 6. The molecule has 146 valence electrons. The lowest BCUT2D eigenvalue weighted by Gasteiger charge is -2.23. The van der Waals surface area contributed by atoms with Gasteiger partial charge in [-0.05, 0) is 37.5 Å². The predicted molar refractivity (Wildman–Crippen MR) is 82.8 cm³/mol. The molecule has 3 rings (SSSR count). The average molecular weight is 391 g/mol. The quantitative estimate of drug-likeness (QED) is 0.778. The van der Waals surface area contributed by atoms with Gasteiger partial charge in [0.15, 0.2) is 0 Å². The van der Waals surface area contributed by atoms with Gasteiger partial charge in [0.25, 0.3) is 5.91 Å². The number of rotatable bonds is 2. The predicted octanol–water partition coefficient (Wildman–Crippen LogP) is 4.27. The van der Waals surface area contributed by atoms with Gasteiger partial charge in [-0.15, -0.1) is 0 Å². The van der Waals surface area contributed by atoms with Crippen molar-refractivity contribution in [2.75, 3.05) is 0 Å². The van der Waals surface area contributed by atoms with Crippen LogP contribution in [0.1, 0.15) is 51.6 Å². The Balaban J connectivity index is 1.93. The fraction of sp³-hybridized carbons (Fsp3) is 0.412. The topological polar surface area (TPSA) is 46.9 Å². The van der Waals surface area contributed by atoms with E-state index in [-0.39, 0.29) is 6.07 Å². The smallest absolute Gasteiger partial charge is 0.345 e. The number of nitrogens with zero attached hydrogens (tertiary/aromatic N) is 2. The second-order valence-electron chi connectivity index (χ2n) is 6.42. The van der Waals surface area contributed by atoms with Crippen LogP contribution in [0.5, 0.6) is 0 Å². The second kappa shape index (κ2) is 6.58. The van der Waals surface area contributed by atoms with Crippen molar-refractivity contribution in [3.05, 3.63) is 52.3 Å². The zero-order valence-corrected chi connectivity index (χ0v) is 14.1. The molecule has 1 heterocycles. The summed E-state index contributed by atoms with van der Waals surface area (Å²) in [4.78, 5) is 12.4. The molecule has 1 N–H and O–H groups in total. The van der Waals surface area contributed by atoms with Crippen molar-refractivity contribution >= 4 is 5.91 Å². The Morgan fingerprint density at radius 2 is 1.70 bits per heavy atom. The van der Waals surface area contributed by atoms with E-state index in [0.29, 0.717) is 31.4 Å². The van der Waals surface area contributed by atoms with Crippen LogP contribution in [0.2, 0.25) is 0 Å². The van der Waals surface area contributed by atoms with Gasteiger partial charge in [-0.25, -0.2) is 0 Å². The molecular formula is C17H15F6N3O. The van der Waals surface area contributed by atoms with E-state index in [1.165, 1.54) is 0 Å². The van der Waals surface area contributed by atoms with Crippen molar-refractivity contribution in [1.29, 1.82) is 0 Å². The molecule has 1 aliphatic carbocycles. The summed E-state index contributed by atoms with van der Waals surface area (Å²) in [5.41, 5.74) is -2.25. The van der Waals surface area contributed by atoms with Gasteiger partial charge in [0.05, 0.1) is 22.9 Å². The minimum Gasteiger partial charge on any atom is -0.345 e. The highest BCUT2D eigenvalue weighted by Crippen LogP contribution is 2.36. The molecule has 1 aromatic heterocycles. The number of fused-ring (bicyclic) bond motifs is 1. The van der Waals surface area contributed by atoms with Crippen molar-refractivity contribution in [2.45, 2.75) is 37.7 Å². The summed E-state index contributed by atoms with van der Waals surface area (Å²) in [6.07, 6.45) is -6.40. The molecule has 0 spiro atoms. The molecule has 4 nitrogen and oxygen atoms in total. The van der Waals surface area contributed by atoms with E-state index >= 15 is 0 Å². The number of hydrogen-bond acceptors (Lipinski definition) is 2. The van der Waals surface area contributed by atoms with Crippen LogP contribution in [-0.2, 0) is 25.8 Å². The highest BCUT2D eigenvalue weighted by Gasteiger charge is 2.37. The van der Waals surface area contributed by atoms with E-state index in [9.17, 15) is 31.1 Å². The molecule has 2 aromatic rings. The zero-order valence-electron chi connectivity index (χ0n) is 14.1.